The molecule has 0 aliphatic heterocycles. The molecule has 5 nitrogen and oxygen atoms in total. The maximum absolute atomic E-state index is 13.4. The molecule has 11 heteroatoms. The molecule has 2 aromatic heterocycles. The zero-order chi connectivity index (χ0) is 18.9. The molecule has 0 atom stereocenters. The Bertz CT molecular complexity index is 855. The predicted octanol–water partition coefficient (Wildman–Crippen LogP) is 3.07. The topological polar surface area (TPSA) is 72.8 Å². The molecule has 136 valence electrons. The second kappa shape index (κ2) is 6.62. The highest BCUT2D eigenvalue weighted by atomic mass is 32.2. The van der Waals surface area contributed by atoms with Gasteiger partial charge in [0.15, 0.2) is 15.7 Å². The molecule has 0 aromatic carbocycles. The standard InChI is InChI=1S/C14H12F5N3O2S/c1-2-25(23,24)11-5-4-9(12-20-6-3-7-21-12)22-10(11)8-13(15,16)14(17,18)19/h3-7H,2,8H2,1H3. The van der Waals surface area contributed by atoms with E-state index in [-0.39, 0.29) is 11.5 Å². The van der Waals surface area contributed by atoms with Crippen molar-refractivity contribution in [3.63, 3.8) is 0 Å². The average molecular weight is 381 g/mol. The first-order chi connectivity index (χ1) is 11.5. The number of hydrogen-bond donors (Lipinski definition) is 0. The molecule has 0 saturated carbocycles. The monoisotopic (exact) mass is 381 g/mol. The lowest BCUT2D eigenvalue weighted by Crippen LogP contribution is -2.39. The van der Waals surface area contributed by atoms with Gasteiger partial charge in [-0.05, 0) is 18.2 Å². The number of pyridine rings is 1. The Morgan fingerprint density at radius 1 is 1.04 bits per heavy atom. The number of rotatable bonds is 5. The van der Waals surface area contributed by atoms with Crippen LogP contribution in [-0.2, 0) is 16.3 Å². The van der Waals surface area contributed by atoms with Crippen LogP contribution in [0.4, 0.5) is 22.0 Å². The summed E-state index contributed by atoms with van der Waals surface area (Å²) in [4.78, 5) is 10.6. The summed E-state index contributed by atoms with van der Waals surface area (Å²) in [5.41, 5.74) is -0.988. The Morgan fingerprint density at radius 3 is 2.16 bits per heavy atom. The number of halogens is 5. The van der Waals surface area contributed by atoms with Gasteiger partial charge in [-0.15, -0.1) is 0 Å². The van der Waals surface area contributed by atoms with Crippen molar-refractivity contribution in [2.24, 2.45) is 0 Å². The molecule has 25 heavy (non-hydrogen) atoms. The molecule has 0 fully saturated rings. The van der Waals surface area contributed by atoms with Crippen molar-refractivity contribution in [2.45, 2.75) is 30.3 Å². The molecular weight excluding hydrogens is 369 g/mol. The van der Waals surface area contributed by atoms with Crippen molar-refractivity contribution >= 4 is 9.84 Å². The Labute approximate surface area is 139 Å². The molecule has 0 aliphatic rings. The van der Waals surface area contributed by atoms with Gasteiger partial charge in [0.2, 0.25) is 0 Å². The molecule has 0 unspecified atom stereocenters. The highest BCUT2D eigenvalue weighted by Crippen LogP contribution is 2.39. The van der Waals surface area contributed by atoms with E-state index in [0.29, 0.717) is 0 Å². The Hall–Kier alpha value is -2.17. The van der Waals surface area contributed by atoms with E-state index >= 15 is 0 Å². The Morgan fingerprint density at radius 2 is 1.64 bits per heavy atom. The Balaban J connectivity index is 2.60. The third-order valence-corrected chi connectivity index (χ3v) is 5.05. The van der Waals surface area contributed by atoms with Gasteiger partial charge in [-0.2, -0.15) is 22.0 Å². The third kappa shape index (κ3) is 4.09. The van der Waals surface area contributed by atoms with E-state index < -0.39 is 44.7 Å². The average Bonchev–Trinajstić information content (AvgIpc) is 2.54. The van der Waals surface area contributed by atoms with E-state index in [1.54, 1.807) is 0 Å². The van der Waals surface area contributed by atoms with E-state index in [9.17, 15) is 30.4 Å². The summed E-state index contributed by atoms with van der Waals surface area (Å²) in [7, 11) is -4.05. The summed E-state index contributed by atoms with van der Waals surface area (Å²) in [5.74, 6) is -5.63. The van der Waals surface area contributed by atoms with Crippen LogP contribution >= 0.6 is 0 Å². The minimum atomic E-state index is -5.83. The van der Waals surface area contributed by atoms with E-state index in [1.807, 2.05) is 0 Å². The smallest absolute Gasteiger partial charge is 0.248 e. The molecule has 0 aliphatic carbocycles. The molecule has 0 saturated heterocycles. The van der Waals surface area contributed by atoms with Crippen LogP contribution in [0.1, 0.15) is 12.6 Å². The summed E-state index contributed by atoms with van der Waals surface area (Å²) >= 11 is 0. The highest BCUT2D eigenvalue weighted by Gasteiger charge is 2.57. The van der Waals surface area contributed by atoms with Crippen molar-refractivity contribution in [3.8, 4) is 11.5 Å². The number of sulfone groups is 1. The largest absolute Gasteiger partial charge is 0.453 e. The predicted molar refractivity (Wildman–Crippen MR) is 77.7 cm³/mol. The SMILES string of the molecule is CCS(=O)(=O)c1ccc(-c2ncccn2)nc1CC(F)(F)C(F)(F)F. The van der Waals surface area contributed by atoms with Crippen LogP contribution in [0.3, 0.4) is 0 Å². The number of hydrogen-bond acceptors (Lipinski definition) is 5. The highest BCUT2D eigenvalue weighted by molar-refractivity contribution is 7.91. The summed E-state index contributed by atoms with van der Waals surface area (Å²) in [6.45, 7) is 1.25. The fraction of sp³-hybridized carbons (Fsp3) is 0.357. The third-order valence-electron chi connectivity index (χ3n) is 3.25. The quantitative estimate of drug-likeness (QED) is 0.745. The van der Waals surface area contributed by atoms with Crippen LogP contribution in [0.5, 0.6) is 0 Å². The zero-order valence-corrected chi connectivity index (χ0v) is 13.6. The molecule has 2 aromatic rings. The van der Waals surface area contributed by atoms with E-state index in [4.69, 9.17) is 0 Å². The summed E-state index contributed by atoms with van der Waals surface area (Å²) in [5, 5.41) is 0. The fourth-order valence-corrected chi connectivity index (χ4v) is 2.98. The summed E-state index contributed by atoms with van der Waals surface area (Å²) < 4.78 is 88.4. The van der Waals surface area contributed by atoms with Crippen LogP contribution < -0.4 is 0 Å². The van der Waals surface area contributed by atoms with Crippen molar-refractivity contribution in [1.82, 2.24) is 15.0 Å². The first-order valence-electron chi connectivity index (χ1n) is 6.92. The number of alkyl halides is 5. The maximum Gasteiger partial charge on any atom is 0.453 e. The molecule has 2 heterocycles. The van der Waals surface area contributed by atoms with Crippen molar-refractivity contribution in [2.75, 3.05) is 5.75 Å². The van der Waals surface area contributed by atoms with E-state index in [0.717, 1.165) is 12.1 Å². The molecule has 0 amide bonds. The van der Waals surface area contributed by atoms with Crippen molar-refractivity contribution < 1.29 is 30.4 Å². The molecular formula is C14H12F5N3O2S. The second-order valence-electron chi connectivity index (χ2n) is 5.00. The molecule has 0 spiro atoms. The van der Waals surface area contributed by atoms with E-state index in [2.05, 4.69) is 15.0 Å². The van der Waals surface area contributed by atoms with Gasteiger partial charge < -0.3 is 0 Å². The van der Waals surface area contributed by atoms with Crippen LogP contribution in [0.15, 0.2) is 35.5 Å². The second-order valence-corrected chi connectivity index (χ2v) is 7.24. The number of aromatic nitrogens is 3. The van der Waals surface area contributed by atoms with Gasteiger partial charge in [0.1, 0.15) is 5.69 Å². The van der Waals surface area contributed by atoms with Crippen LogP contribution in [0.2, 0.25) is 0 Å². The first kappa shape index (κ1) is 19.2. The van der Waals surface area contributed by atoms with Gasteiger partial charge >= 0.3 is 12.1 Å². The lowest BCUT2D eigenvalue weighted by Gasteiger charge is -2.20. The van der Waals surface area contributed by atoms with Gasteiger partial charge in [0.05, 0.1) is 22.8 Å². The Kier molecular flexibility index (Phi) is 5.07. The summed E-state index contributed by atoms with van der Waals surface area (Å²) in [6.07, 6.45) is -5.08. The minimum Gasteiger partial charge on any atom is -0.248 e. The normalized spacial score (nSPS) is 13.0. The van der Waals surface area contributed by atoms with Crippen molar-refractivity contribution in [3.05, 3.63) is 36.3 Å². The van der Waals surface area contributed by atoms with Crippen LogP contribution in [0.25, 0.3) is 11.5 Å². The maximum atomic E-state index is 13.4. The van der Waals surface area contributed by atoms with Gasteiger partial charge in [-0.3, -0.25) is 0 Å². The minimum absolute atomic E-state index is 0.0282. The summed E-state index contributed by atoms with van der Waals surface area (Å²) in [6, 6.07) is 3.57. The van der Waals surface area contributed by atoms with E-state index in [1.165, 1.54) is 25.4 Å². The van der Waals surface area contributed by atoms with Crippen molar-refractivity contribution in [1.29, 1.82) is 0 Å². The number of nitrogens with zero attached hydrogens (tertiary/aromatic N) is 3. The fourth-order valence-electron chi connectivity index (χ4n) is 1.92. The van der Waals surface area contributed by atoms with Gasteiger partial charge in [-0.1, -0.05) is 6.92 Å². The molecule has 2 rings (SSSR count). The van der Waals surface area contributed by atoms with Crippen LogP contribution in [0, 0.1) is 0 Å². The molecule has 0 radical (unpaired) electrons. The lowest BCUT2D eigenvalue weighted by atomic mass is 10.1. The van der Waals surface area contributed by atoms with Gasteiger partial charge in [-0.25, -0.2) is 23.4 Å². The lowest BCUT2D eigenvalue weighted by molar-refractivity contribution is -0.281. The molecule has 0 bridgehead atoms. The van der Waals surface area contributed by atoms with Gasteiger partial charge in [0.25, 0.3) is 0 Å². The van der Waals surface area contributed by atoms with Gasteiger partial charge in [0, 0.05) is 12.4 Å². The first-order valence-corrected chi connectivity index (χ1v) is 8.58. The molecule has 0 N–H and O–H groups in total. The zero-order valence-electron chi connectivity index (χ0n) is 12.8. The van der Waals surface area contributed by atoms with Crippen LogP contribution in [-0.4, -0.2) is 41.2 Å².